The van der Waals surface area contributed by atoms with Crippen molar-refractivity contribution in [2.24, 2.45) is 5.92 Å². The zero-order valence-corrected chi connectivity index (χ0v) is 9.05. The van der Waals surface area contributed by atoms with Gasteiger partial charge in [-0.25, -0.2) is 0 Å². The van der Waals surface area contributed by atoms with Gasteiger partial charge in [-0.3, -0.25) is 4.79 Å². The number of hydrogen-bond acceptors (Lipinski definition) is 2. The average molecular weight is 186 g/mol. The Kier molecular flexibility index (Phi) is 6.87. The summed E-state index contributed by atoms with van der Waals surface area (Å²) >= 11 is 0. The number of ketones is 1. The second-order valence-corrected chi connectivity index (χ2v) is 3.59. The molecule has 0 aromatic heterocycles. The van der Waals surface area contributed by atoms with Crippen molar-refractivity contribution >= 4 is 5.78 Å². The zero-order chi connectivity index (χ0) is 10.3. The van der Waals surface area contributed by atoms with Gasteiger partial charge in [0.05, 0.1) is 6.10 Å². The summed E-state index contributed by atoms with van der Waals surface area (Å²) in [6, 6.07) is 0. The standard InChI is InChI=1S/C11H22O2/c1-4-7-10(12)9(6-3)11(13)8-5-2/h9-10,12H,4-8H2,1-3H3/t9-,10-/m1/s1. The lowest BCUT2D eigenvalue weighted by Crippen LogP contribution is -2.27. The minimum absolute atomic E-state index is 0.125. The first-order valence-electron chi connectivity index (χ1n) is 5.38. The minimum Gasteiger partial charge on any atom is -0.392 e. The fraction of sp³-hybridized carbons (Fsp3) is 0.909. The van der Waals surface area contributed by atoms with Gasteiger partial charge in [-0.05, 0) is 19.3 Å². The molecule has 2 heteroatoms. The number of carbonyl (C=O) groups is 1. The van der Waals surface area contributed by atoms with Gasteiger partial charge in [0.15, 0.2) is 0 Å². The highest BCUT2D eigenvalue weighted by molar-refractivity contribution is 5.81. The second-order valence-electron chi connectivity index (χ2n) is 3.59. The predicted octanol–water partition coefficient (Wildman–Crippen LogP) is 2.54. The number of hydrogen-bond donors (Lipinski definition) is 1. The van der Waals surface area contributed by atoms with Gasteiger partial charge >= 0.3 is 0 Å². The van der Waals surface area contributed by atoms with E-state index < -0.39 is 6.10 Å². The van der Waals surface area contributed by atoms with Crippen LogP contribution in [0.4, 0.5) is 0 Å². The Bertz CT molecular complexity index is 143. The highest BCUT2D eigenvalue weighted by Crippen LogP contribution is 2.16. The third kappa shape index (κ3) is 4.41. The SMILES string of the molecule is CCCC(=O)[C@H](CC)[C@H](O)CCC. The van der Waals surface area contributed by atoms with Crippen LogP contribution in [0.5, 0.6) is 0 Å². The van der Waals surface area contributed by atoms with E-state index >= 15 is 0 Å². The van der Waals surface area contributed by atoms with Crippen LogP contribution in [0.15, 0.2) is 0 Å². The Morgan fingerprint density at radius 2 is 1.85 bits per heavy atom. The van der Waals surface area contributed by atoms with E-state index in [1.807, 2.05) is 20.8 Å². The van der Waals surface area contributed by atoms with Crippen LogP contribution >= 0.6 is 0 Å². The molecule has 0 saturated carbocycles. The van der Waals surface area contributed by atoms with E-state index in [4.69, 9.17) is 0 Å². The van der Waals surface area contributed by atoms with E-state index in [1.54, 1.807) is 0 Å². The highest BCUT2D eigenvalue weighted by atomic mass is 16.3. The first-order chi connectivity index (χ1) is 6.17. The van der Waals surface area contributed by atoms with Gasteiger partial charge in [0.2, 0.25) is 0 Å². The van der Waals surface area contributed by atoms with Crippen LogP contribution in [0, 0.1) is 5.92 Å². The van der Waals surface area contributed by atoms with Crippen LogP contribution in [0.25, 0.3) is 0 Å². The van der Waals surface area contributed by atoms with Crippen molar-refractivity contribution in [1.82, 2.24) is 0 Å². The largest absolute Gasteiger partial charge is 0.392 e. The van der Waals surface area contributed by atoms with Crippen LogP contribution in [-0.2, 0) is 4.79 Å². The molecule has 0 aromatic carbocycles. The number of carbonyl (C=O) groups excluding carboxylic acids is 1. The van der Waals surface area contributed by atoms with E-state index in [0.717, 1.165) is 25.7 Å². The molecule has 0 radical (unpaired) electrons. The smallest absolute Gasteiger partial charge is 0.138 e. The average Bonchev–Trinajstić information content (AvgIpc) is 2.06. The molecular formula is C11H22O2. The maximum atomic E-state index is 11.5. The summed E-state index contributed by atoms with van der Waals surface area (Å²) in [6.45, 7) is 5.99. The Morgan fingerprint density at radius 3 is 2.23 bits per heavy atom. The molecule has 0 saturated heterocycles. The molecule has 0 fully saturated rings. The maximum Gasteiger partial charge on any atom is 0.138 e. The molecule has 2 nitrogen and oxygen atoms in total. The normalized spacial score (nSPS) is 15.4. The maximum absolute atomic E-state index is 11.5. The fourth-order valence-corrected chi connectivity index (χ4v) is 1.64. The molecule has 13 heavy (non-hydrogen) atoms. The summed E-state index contributed by atoms with van der Waals surface area (Å²) in [5.41, 5.74) is 0. The molecule has 78 valence electrons. The molecule has 1 N–H and O–H groups in total. The summed E-state index contributed by atoms with van der Waals surface area (Å²) in [4.78, 5) is 11.5. The molecule has 0 rings (SSSR count). The molecular weight excluding hydrogens is 164 g/mol. The number of aliphatic hydroxyl groups excluding tert-OH is 1. The lowest BCUT2D eigenvalue weighted by molar-refractivity contribution is -0.126. The lowest BCUT2D eigenvalue weighted by Gasteiger charge is -2.19. The van der Waals surface area contributed by atoms with Crippen molar-refractivity contribution in [3.8, 4) is 0 Å². The Balaban J connectivity index is 4.06. The first kappa shape index (κ1) is 12.6. The number of rotatable bonds is 7. The van der Waals surface area contributed by atoms with Crippen molar-refractivity contribution in [2.75, 3.05) is 0 Å². The van der Waals surface area contributed by atoms with Gasteiger partial charge in [-0.2, -0.15) is 0 Å². The predicted molar refractivity (Wildman–Crippen MR) is 54.6 cm³/mol. The lowest BCUT2D eigenvalue weighted by atomic mass is 9.90. The number of Topliss-reactive ketones (excluding diaryl/α,β-unsaturated/α-hetero) is 1. The van der Waals surface area contributed by atoms with Crippen LogP contribution in [0.3, 0.4) is 0 Å². The van der Waals surface area contributed by atoms with E-state index in [0.29, 0.717) is 6.42 Å². The Morgan fingerprint density at radius 1 is 1.23 bits per heavy atom. The van der Waals surface area contributed by atoms with Gasteiger partial charge < -0.3 is 5.11 Å². The first-order valence-corrected chi connectivity index (χ1v) is 5.38. The molecule has 0 aliphatic heterocycles. The van der Waals surface area contributed by atoms with Crippen molar-refractivity contribution in [1.29, 1.82) is 0 Å². The fourth-order valence-electron chi connectivity index (χ4n) is 1.64. The van der Waals surface area contributed by atoms with Gasteiger partial charge in [0.1, 0.15) is 5.78 Å². The van der Waals surface area contributed by atoms with E-state index in [9.17, 15) is 9.90 Å². The third-order valence-corrected chi connectivity index (χ3v) is 2.40. The summed E-state index contributed by atoms with van der Waals surface area (Å²) in [5, 5.41) is 9.69. The van der Waals surface area contributed by atoms with Gasteiger partial charge in [-0.15, -0.1) is 0 Å². The van der Waals surface area contributed by atoms with Crippen molar-refractivity contribution in [3.63, 3.8) is 0 Å². The van der Waals surface area contributed by atoms with Crippen LogP contribution < -0.4 is 0 Å². The summed E-state index contributed by atoms with van der Waals surface area (Å²) in [7, 11) is 0. The monoisotopic (exact) mass is 186 g/mol. The summed E-state index contributed by atoms with van der Waals surface area (Å²) in [5.74, 6) is 0.103. The Hall–Kier alpha value is -0.370. The van der Waals surface area contributed by atoms with Crippen molar-refractivity contribution in [3.05, 3.63) is 0 Å². The minimum atomic E-state index is -0.422. The molecule has 2 atom stereocenters. The van der Waals surface area contributed by atoms with E-state index in [-0.39, 0.29) is 11.7 Å². The van der Waals surface area contributed by atoms with Crippen LogP contribution in [0.2, 0.25) is 0 Å². The molecule has 0 amide bonds. The number of aliphatic hydroxyl groups is 1. The van der Waals surface area contributed by atoms with E-state index in [2.05, 4.69) is 0 Å². The van der Waals surface area contributed by atoms with E-state index in [1.165, 1.54) is 0 Å². The summed E-state index contributed by atoms with van der Waals surface area (Å²) < 4.78 is 0. The molecule has 0 aromatic rings. The topological polar surface area (TPSA) is 37.3 Å². The summed E-state index contributed by atoms with van der Waals surface area (Å²) in [6.07, 6.45) is 3.52. The van der Waals surface area contributed by atoms with Gasteiger partial charge in [0.25, 0.3) is 0 Å². The second kappa shape index (κ2) is 7.07. The quantitative estimate of drug-likeness (QED) is 0.663. The molecule has 0 spiro atoms. The van der Waals surface area contributed by atoms with Crippen molar-refractivity contribution in [2.45, 2.75) is 59.0 Å². The molecule has 0 aliphatic carbocycles. The van der Waals surface area contributed by atoms with Gasteiger partial charge in [-0.1, -0.05) is 27.2 Å². The zero-order valence-electron chi connectivity index (χ0n) is 9.05. The molecule has 0 bridgehead atoms. The van der Waals surface area contributed by atoms with Crippen molar-refractivity contribution < 1.29 is 9.90 Å². The van der Waals surface area contributed by atoms with Crippen LogP contribution in [0.1, 0.15) is 52.9 Å². The highest BCUT2D eigenvalue weighted by Gasteiger charge is 2.22. The van der Waals surface area contributed by atoms with Crippen LogP contribution in [-0.4, -0.2) is 17.0 Å². The molecule has 0 unspecified atom stereocenters. The van der Waals surface area contributed by atoms with Gasteiger partial charge in [0, 0.05) is 12.3 Å². The molecule has 0 aliphatic rings. The Labute approximate surface area is 81.3 Å². The molecule has 0 heterocycles. The third-order valence-electron chi connectivity index (χ3n) is 2.40.